The smallest absolute Gasteiger partial charge is 0.325 e. The van der Waals surface area contributed by atoms with Crippen molar-refractivity contribution >= 4 is 34.7 Å². The standard InChI is InChI=1S/C8H11N7S.C5H6N2O2/c9-7(10)14-12-5-1-3-6(4-2-5)13-15-8(11)16;1-3-2-4(8)7-5(9)6-3/h1-4,12H,(H2,11,16)(H4,9,10,14);2H,1H3,(H2,6,7,8,9). The number of anilines is 1. The van der Waals surface area contributed by atoms with Gasteiger partial charge < -0.3 is 22.2 Å². The second-order valence-electron chi connectivity index (χ2n) is 4.50. The molecule has 0 aliphatic carbocycles. The molecule has 0 fully saturated rings. The fourth-order valence-corrected chi connectivity index (χ4v) is 1.47. The molecular formula is C13H17N9O2S. The van der Waals surface area contributed by atoms with Crippen molar-refractivity contribution in [3.63, 3.8) is 0 Å². The quantitative estimate of drug-likeness (QED) is 0.145. The van der Waals surface area contributed by atoms with Gasteiger partial charge in [-0.3, -0.25) is 15.2 Å². The van der Waals surface area contributed by atoms with Crippen LogP contribution >= 0.6 is 12.2 Å². The Morgan fingerprint density at radius 2 is 1.76 bits per heavy atom. The van der Waals surface area contributed by atoms with Crippen LogP contribution < -0.4 is 33.9 Å². The summed E-state index contributed by atoms with van der Waals surface area (Å²) in [6.45, 7) is 1.65. The fourth-order valence-electron chi connectivity index (χ4n) is 1.43. The van der Waals surface area contributed by atoms with E-state index in [4.69, 9.17) is 17.2 Å². The molecule has 2 aromatic rings. The lowest BCUT2D eigenvalue weighted by molar-refractivity contribution is 0.994. The van der Waals surface area contributed by atoms with Crippen LogP contribution in [0.25, 0.3) is 0 Å². The van der Waals surface area contributed by atoms with Gasteiger partial charge in [-0.1, -0.05) is 0 Å². The first-order chi connectivity index (χ1) is 11.8. The molecule has 0 radical (unpaired) electrons. The summed E-state index contributed by atoms with van der Waals surface area (Å²) >= 11 is 4.55. The van der Waals surface area contributed by atoms with Crippen molar-refractivity contribution < 1.29 is 0 Å². The minimum atomic E-state index is -0.458. The number of hydrogen-bond acceptors (Lipinski definition) is 6. The Balaban J connectivity index is 0.000000293. The van der Waals surface area contributed by atoms with Gasteiger partial charge in [0.15, 0.2) is 0 Å². The number of H-pyrrole nitrogens is 2. The zero-order valence-electron chi connectivity index (χ0n) is 13.2. The third-order valence-electron chi connectivity index (χ3n) is 2.34. The molecular weight excluding hydrogens is 346 g/mol. The third kappa shape index (κ3) is 8.61. The lowest BCUT2D eigenvalue weighted by Gasteiger charge is -2.00. The topological polar surface area (TPSA) is 193 Å². The van der Waals surface area contributed by atoms with Crippen molar-refractivity contribution in [2.24, 2.45) is 32.5 Å². The molecule has 0 aliphatic rings. The largest absolute Gasteiger partial charge is 0.373 e. The van der Waals surface area contributed by atoms with E-state index in [0.29, 0.717) is 11.4 Å². The second-order valence-corrected chi connectivity index (χ2v) is 4.92. The number of aromatic nitrogens is 2. The molecule has 1 heterocycles. The van der Waals surface area contributed by atoms with Crippen LogP contribution in [0.1, 0.15) is 5.69 Å². The first-order valence-electron chi connectivity index (χ1n) is 6.72. The Morgan fingerprint density at radius 3 is 2.24 bits per heavy atom. The zero-order valence-corrected chi connectivity index (χ0v) is 14.0. The van der Waals surface area contributed by atoms with Crippen molar-refractivity contribution in [3.8, 4) is 0 Å². The highest BCUT2D eigenvalue weighted by atomic mass is 32.1. The monoisotopic (exact) mass is 363 g/mol. The number of hydrogen-bond donors (Lipinski definition) is 6. The van der Waals surface area contributed by atoms with Crippen LogP contribution in [0.3, 0.4) is 0 Å². The summed E-state index contributed by atoms with van der Waals surface area (Å²) in [5.74, 6) is -0.0442. The van der Waals surface area contributed by atoms with Gasteiger partial charge in [-0.05, 0) is 43.4 Å². The van der Waals surface area contributed by atoms with Crippen molar-refractivity contribution in [1.29, 1.82) is 0 Å². The Hall–Kier alpha value is -3.54. The molecule has 0 saturated carbocycles. The number of guanidine groups is 1. The minimum Gasteiger partial charge on any atom is -0.373 e. The highest BCUT2D eigenvalue weighted by Crippen LogP contribution is 2.16. The van der Waals surface area contributed by atoms with Gasteiger partial charge in [-0.15, -0.1) is 15.3 Å². The van der Waals surface area contributed by atoms with Gasteiger partial charge in [0.2, 0.25) is 11.1 Å². The second kappa shape index (κ2) is 9.57. The molecule has 0 atom stereocenters. The average Bonchev–Trinajstić information content (AvgIpc) is 2.51. The summed E-state index contributed by atoms with van der Waals surface area (Å²) < 4.78 is 0. The number of hydrazone groups is 1. The minimum absolute atomic E-state index is 0.0114. The number of thiocarbonyl (C=S) groups is 1. The summed E-state index contributed by atoms with van der Waals surface area (Å²) in [5.41, 5.74) is 19.2. The highest BCUT2D eigenvalue weighted by molar-refractivity contribution is 7.80. The van der Waals surface area contributed by atoms with Gasteiger partial charge in [-0.2, -0.15) is 0 Å². The van der Waals surface area contributed by atoms with E-state index >= 15 is 0 Å². The molecule has 0 saturated heterocycles. The van der Waals surface area contributed by atoms with Gasteiger partial charge in [-0.25, -0.2) is 4.79 Å². The number of nitrogens with one attached hydrogen (secondary N) is 3. The zero-order chi connectivity index (χ0) is 18.8. The summed E-state index contributed by atoms with van der Waals surface area (Å²) in [4.78, 5) is 25.3. The molecule has 0 bridgehead atoms. The van der Waals surface area contributed by atoms with E-state index in [9.17, 15) is 9.59 Å². The first-order valence-corrected chi connectivity index (χ1v) is 7.13. The molecule has 0 aliphatic heterocycles. The predicted octanol–water partition coefficient (Wildman–Crippen LogP) is -0.0142. The fraction of sp³-hybridized carbons (Fsp3) is 0.0769. The van der Waals surface area contributed by atoms with Crippen molar-refractivity contribution in [3.05, 3.63) is 56.9 Å². The lowest BCUT2D eigenvalue weighted by atomic mass is 10.3. The molecule has 1 aromatic heterocycles. The number of aryl methyl sites for hydroxylation is 1. The SMILES string of the molecule is Cc1cc(=O)[nH]c(=O)[nH]1.NC(=S)N=Nc1ccc(NN=C(N)N)cc1. The maximum atomic E-state index is 10.4. The summed E-state index contributed by atoms with van der Waals surface area (Å²) in [6.07, 6.45) is 0. The van der Waals surface area contributed by atoms with Crippen LogP contribution in [0.5, 0.6) is 0 Å². The number of benzene rings is 1. The van der Waals surface area contributed by atoms with Crippen molar-refractivity contribution in [2.45, 2.75) is 6.92 Å². The van der Waals surface area contributed by atoms with Gasteiger partial charge in [0.05, 0.1) is 11.4 Å². The maximum Gasteiger partial charge on any atom is 0.325 e. The van der Waals surface area contributed by atoms with E-state index in [0.717, 1.165) is 5.69 Å². The molecule has 25 heavy (non-hydrogen) atoms. The third-order valence-corrected chi connectivity index (χ3v) is 2.42. The Kier molecular flexibility index (Phi) is 7.46. The van der Waals surface area contributed by atoms with Crippen molar-refractivity contribution in [1.82, 2.24) is 9.97 Å². The van der Waals surface area contributed by atoms with Crippen LogP contribution in [-0.4, -0.2) is 21.0 Å². The number of aromatic amines is 2. The van der Waals surface area contributed by atoms with Crippen LogP contribution in [-0.2, 0) is 0 Å². The number of nitrogens with two attached hydrogens (primary N) is 3. The maximum absolute atomic E-state index is 10.4. The van der Waals surface area contributed by atoms with E-state index in [-0.39, 0.29) is 16.6 Å². The van der Waals surface area contributed by atoms with Gasteiger partial charge >= 0.3 is 5.69 Å². The molecule has 0 spiro atoms. The average molecular weight is 363 g/mol. The van der Waals surface area contributed by atoms with E-state index in [1.807, 2.05) is 4.98 Å². The van der Waals surface area contributed by atoms with E-state index in [1.165, 1.54) is 6.07 Å². The molecule has 11 nitrogen and oxygen atoms in total. The molecule has 132 valence electrons. The van der Waals surface area contributed by atoms with Gasteiger partial charge in [0, 0.05) is 11.8 Å². The Morgan fingerprint density at radius 1 is 1.12 bits per heavy atom. The Labute approximate surface area is 147 Å². The highest BCUT2D eigenvalue weighted by Gasteiger charge is 1.92. The Bertz CT molecular complexity index is 851. The molecule has 0 amide bonds. The van der Waals surface area contributed by atoms with E-state index in [2.05, 4.69) is 38.0 Å². The normalized spacial score (nSPS) is 9.80. The number of nitrogens with zero attached hydrogens (tertiary/aromatic N) is 3. The molecule has 2 rings (SSSR count). The number of azo groups is 1. The summed E-state index contributed by atoms with van der Waals surface area (Å²) in [5, 5.41) is 10.9. The first kappa shape index (κ1) is 19.5. The number of rotatable bonds is 3. The molecule has 9 N–H and O–H groups in total. The lowest BCUT2D eigenvalue weighted by Crippen LogP contribution is -2.23. The molecule has 0 unspecified atom stereocenters. The van der Waals surface area contributed by atoms with Crippen molar-refractivity contribution in [2.75, 3.05) is 5.43 Å². The molecule has 12 heteroatoms. The van der Waals surface area contributed by atoms with Gasteiger partial charge in [0.25, 0.3) is 5.56 Å². The van der Waals surface area contributed by atoms with Crippen LogP contribution in [0.4, 0.5) is 11.4 Å². The van der Waals surface area contributed by atoms with E-state index in [1.54, 1.807) is 31.2 Å². The van der Waals surface area contributed by atoms with Crippen LogP contribution in [0.2, 0.25) is 0 Å². The van der Waals surface area contributed by atoms with Crippen LogP contribution in [0, 0.1) is 6.92 Å². The summed E-state index contributed by atoms with van der Waals surface area (Å²) in [7, 11) is 0. The van der Waals surface area contributed by atoms with E-state index < -0.39 is 5.69 Å². The molecule has 1 aromatic carbocycles. The van der Waals surface area contributed by atoms with Gasteiger partial charge in [0.1, 0.15) is 0 Å². The van der Waals surface area contributed by atoms with Crippen LogP contribution in [0.15, 0.2) is 55.3 Å². The predicted molar refractivity (Wildman–Crippen MR) is 99.6 cm³/mol. The summed E-state index contributed by atoms with van der Waals surface area (Å²) in [6, 6.07) is 8.22.